The van der Waals surface area contributed by atoms with E-state index < -0.39 is 6.04 Å². The number of benzene rings is 2. The number of nitrogens with zero attached hydrogens (tertiary/aromatic N) is 2. The van der Waals surface area contributed by atoms with Crippen molar-refractivity contribution in [2.24, 2.45) is 0 Å². The van der Waals surface area contributed by atoms with Crippen LogP contribution in [0.25, 0.3) is 0 Å². The molecule has 0 aliphatic carbocycles. The number of anilines is 1. The summed E-state index contributed by atoms with van der Waals surface area (Å²) in [6, 6.07) is 11.6. The molecule has 0 unspecified atom stereocenters. The lowest BCUT2D eigenvalue weighted by Crippen LogP contribution is -2.49. The van der Waals surface area contributed by atoms with E-state index in [1.807, 2.05) is 0 Å². The summed E-state index contributed by atoms with van der Waals surface area (Å²) in [5, 5.41) is 3.75. The third-order valence-electron chi connectivity index (χ3n) is 5.52. The van der Waals surface area contributed by atoms with Gasteiger partial charge in [-0.25, -0.2) is 9.29 Å². The molecule has 0 radical (unpaired) electrons. The van der Waals surface area contributed by atoms with Gasteiger partial charge in [0.15, 0.2) is 0 Å². The first-order valence-electron chi connectivity index (χ1n) is 9.85. The minimum Gasteiger partial charge on any atom is -0.339 e. The van der Waals surface area contributed by atoms with E-state index in [0.29, 0.717) is 42.2 Å². The van der Waals surface area contributed by atoms with Gasteiger partial charge in [-0.3, -0.25) is 14.4 Å². The summed E-state index contributed by atoms with van der Waals surface area (Å²) in [7, 11) is 0. The Balaban J connectivity index is 1.34. The highest BCUT2D eigenvalue weighted by atomic mass is 35.5. The normalized spacial score (nSPS) is 20.1. The number of piperidine rings is 1. The number of carbonyl (C=O) groups is 3. The summed E-state index contributed by atoms with van der Waals surface area (Å²) in [4.78, 5) is 40.7. The molecule has 1 atom stereocenters. The van der Waals surface area contributed by atoms with Gasteiger partial charge in [-0.2, -0.15) is 0 Å². The monoisotopic (exact) mass is 429 g/mol. The average Bonchev–Trinajstić information content (AvgIpc) is 3.01. The molecule has 2 aromatic rings. The van der Waals surface area contributed by atoms with Gasteiger partial charge in [-0.1, -0.05) is 17.7 Å². The zero-order chi connectivity index (χ0) is 21.3. The van der Waals surface area contributed by atoms with Gasteiger partial charge in [0.05, 0.1) is 18.2 Å². The Morgan fingerprint density at radius 2 is 1.77 bits per heavy atom. The van der Waals surface area contributed by atoms with Crippen LogP contribution in [0.4, 0.5) is 10.1 Å². The third kappa shape index (κ3) is 4.22. The van der Waals surface area contributed by atoms with E-state index in [1.165, 1.54) is 29.2 Å². The second-order valence-corrected chi connectivity index (χ2v) is 7.98. The van der Waals surface area contributed by atoms with E-state index in [4.69, 9.17) is 11.6 Å². The molecule has 2 aromatic carbocycles. The lowest BCUT2D eigenvalue weighted by atomic mass is 10.0. The molecule has 3 amide bonds. The number of hydrogen-bond donors (Lipinski definition) is 1. The zero-order valence-electron chi connectivity index (χ0n) is 16.2. The molecule has 0 saturated carbocycles. The first-order chi connectivity index (χ1) is 14.4. The summed E-state index contributed by atoms with van der Waals surface area (Å²) in [5.41, 5.74) is 0.929. The fourth-order valence-corrected chi connectivity index (χ4v) is 4.14. The highest BCUT2D eigenvalue weighted by Gasteiger charge is 2.40. The maximum atomic E-state index is 13.1. The van der Waals surface area contributed by atoms with Gasteiger partial charge >= 0.3 is 0 Å². The van der Waals surface area contributed by atoms with Gasteiger partial charge < -0.3 is 10.2 Å². The van der Waals surface area contributed by atoms with E-state index in [-0.39, 0.29) is 36.0 Å². The average molecular weight is 430 g/mol. The standard InChI is InChI=1S/C22H21ClFN3O3/c23-15-2-1-3-18(12-15)27-20(28)13-19(22(27)30)25-17-8-10-26(11-9-17)21(29)14-4-6-16(24)7-5-14/h1-7,12,17,19,25H,8-11,13H2/t19-/m1/s1. The molecule has 2 heterocycles. The van der Waals surface area contributed by atoms with Crippen molar-refractivity contribution in [3.63, 3.8) is 0 Å². The van der Waals surface area contributed by atoms with Crippen LogP contribution in [0.5, 0.6) is 0 Å². The van der Waals surface area contributed by atoms with Crippen molar-refractivity contribution < 1.29 is 18.8 Å². The van der Waals surface area contributed by atoms with Gasteiger partial charge in [0.2, 0.25) is 5.91 Å². The molecule has 0 aromatic heterocycles. The summed E-state index contributed by atoms with van der Waals surface area (Å²) in [6.45, 7) is 1.06. The Labute approximate surface area is 178 Å². The van der Waals surface area contributed by atoms with Crippen LogP contribution >= 0.6 is 11.6 Å². The van der Waals surface area contributed by atoms with Gasteiger partial charge in [0.1, 0.15) is 5.82 Å². The molecule has 2 aliphatic rings. The molecule has 0 bridgehead atoms. The highest BCUT2D eigenvalue weighted by molar-refractivity contribution is 6.31. The molecule has 2 aliphatic heterocycles. The SMILES string of the molecule is O=C(c1ccc(F)cc1)N1CCC(N[C@@H]2CC(=O)N(c3cccc(Cl)c3)C2=O)CC1. The Bertz CT molecular complexity index is 974. The Morgan fingerprint density at radius 1 is 1.07 bits per heavy atom. The van der Waals surface area contributed by atoms with Crippen LogP contribution in [-0.4, -0.2) is 47.8 Å². The summed E-state index contributed by atoms with van der Waals surface area (Å²) in [6.07, 6.45) is 1.43. The number of imide groups is 1. The molecule has 4 rings (SSSR count). The van der Waals surface area contributed by atoms with E-state index in [9.17, 15) is 18.8 Å². The highest BCUT2D eigenvalue weighted by Crippen LogP contribution is 2.26. The maximum absolute atomic E-state index is 13.1. The van der Waals surface area contributed by atoms with Crippen molar-refractivity contribution in [3.05, 3.63) is 64.9 Å². The summed E-state index contributed by atoms with van der Waals surface area (Å²) < 4.78 is 13.1. The number of hydrogen-bond acceptors (Lipinski definition) is 4. The predicted molar refractivity (Wildman–Crippen MR) is 111 cm³/mol. The molecule has 8 heteroatoms. The van der Waals surface area contributed by atoms with Gasteiger partial charge in [-0.05, 0) is 55.3 Å². The maximum Gasteiger partial charge on any atom is 0.253 e. The van der Waals surface area contributed by atoms with Crippen LogP contribution in [-0.2, 0) is 9.59 Å². The fourth-order valence-electron chi connectivity index (χ4n) is 3.96. The summed E-state index contributed by atoms with van der Waals surface area (Å²) >= 11 is 5.99. The predicted octanol–water partition coefficient (Wildman–Crippen LogP) is 3.01. The quantitative estimate of drug-likeness (QED) is 0.758. The van der Waals surface area contributed by atoms with Crippen molar-refractivity contribution in [2.75, 3.05) is 18.0 Å². The van der Waals surface area contributed by atoms with Crippen LogP contribution in [0.2, 0.25) is 5.02 Å². The van der Waals surface area contributed by atoms with Crippen molar-refractivity contribution in [3.8, 4) is 0 Å². The molecule has 2 fully saturated rings. The largest absolute Gasteiger partial charge is 0.339 e. The van der Waals surface area contributed by atoms with Crippen LogP contribution in [0.1, 0.15) is 29.6 Å². The molecule has 30 heavy (non-hydrogen) atoms. The van der Waals surface area contributed by atoms with Crippen molar-refractivity contribution in [1.82, 2.24) is 10.2 Å². The third-order valence-corrected chi connectivity index (χ3v) is 5.76. The van der Waals surface area contributed by atoms with Crippen LogP contribution in [0, 0.1) is 5.82 Å². The smallest absolute Gasteiger partial charge is 0.253 e. The van der Waals surface area contributed by atoms with Gasteiger partial charge in [-0.15, -0.1) is 0 Å². The first kappa shape index (κ1) is 20.5. The molecule has 156 valence electrons. The Hall–Kier alpha value is -2.77. The topological polar surface area (TPSA) is 69.7 Å². The lowest BCUT2D eigenvalue weighted by Gasteiger charge is -2.33. The summed E-state index contributed by atoms with van der Waals surface area (Å²) in [5.74, 6) is -1.06. The van der Waals surface area contributed by atoms with Crippen molar-refractivity contribution in [1.29, 1.82) is 0 Å². The van der Waals surface area contributed by atoms with Crippen LogP contribution < -0.4 is 10.2 Å². The number of amides is 3. The molecular formula is C22H21ClFN3O3. The van der Waals surface area contributed by atoms with Gasteiger partial charge in [0.25, 0.3) is 11.8 Å². The Kier molecular flexibility index (Phi) is 5.83. The number of rotatable bonds is 4. The van der Waals surface area contributed by atoms with Crippen molar-refractivity contribution >= 4 is 35.0 Å². The molecule has 1 N–H and O–H groups in total. The van der Waals surface area contributed by atoms with Crippen LogP contribution in [0.15, 0.2) is 48.5 Å². The van der Waals surface area contributed by atoms with Crippen molar-refractivity contribution in [2.45, 2.75) is 31.3 Å². The van der Waals surface area contributed by atoms with Gasteiger partial charge in [0, 0.05) is 29.7 Å². The Morgan fingerprint density at radius 3 is 2.43 bits per heavy atom. The van der Waals surface area contributed by atoms with E-state index in [2.05, 4.69) is 5.32 Å². The number of halogens is 2. The van der Waals surface area contributed by atoms with E-state index >= 15 is 0 Å². The van der Waals surface area contributed by atoms with E-state index in [1.54, 1.807) is 29.2 Å². The molecule has 6 nitrogen and oxygen atoms in total. The second kappa shape index (κ2) is 8.53. The number of carbonyl (C=O) groups excluding carboxylic acids is 3. The lowest BCUT2D eigenvalue weighted by molar-refractivity contribution is -0.121. The zero-order valence-corrected chi connectivity index (χ0v) is 16.9. The number of nitrogens with one attached hydrogen (secondary N) is 1. The minimum atomic E-state index is -0.583. The molecular weight excluding hydrogens is 409 g/mol. The molecule has 2 saturated heterocycles. The van der Waals surface area contributed by atoms with Crippen LogP contribution in [0.3, 0.4) is 0 Å². The minimum absolute atomic E-state index is 0.0309. The fraction of sp³-hybridized carbons (Fsp3) is 0.318. The first-order valence-corrected chi connectivity index (χ1v) is 10.2. The van der Waals surface area contributed by atoms with E-state index in [0.717, 1.165) is 0 Å². The number of likely N-dealkylation sites (tertiary alicyclic amines) is 1. The molecule has 0 spiro atoms. The second-order valence-electron chi connectivity index (χ2n) is 7.54.